The van der Waals surface area contributed by atoms with Gasteiger partial charge < -0.3 is 9.80 Å². The van der Waals surface area contributed by atoms with E-state index in [1.807, 2.05) is 37.1 Å². The number of piperidine rings is 1. The van der Waals surface area contributed by atoms with Crippen LogP contribution in [0.1, 0.15) is 60.6 Å². The quantitative estimate of drug-likeness (QED) is 0.753. The molecule has 1 atom stereocenters. The highest BCUT2D eigenvalue weighted by molar-refractivity contribution is 5.95. The van der Waals surface area contributed by atoms with Crippen molar-refractivity contribution in [3.8, 4) is 0 Å². The summed E-state index contributed by atoms with van der Waals surface area (Å²) in [5, 5.41) is 4.31. The minimum atomic E-state index is -0.343. The lowest BCUT2D eigenvalue weighted by molar-refractivity contribution is -0.145. The Balaban J connectivity index is 1.44. The van der Waals surface area contributed by atoms with Gasteiger partial charge in [-0.3, -0.25) is 14.3 Å². The van der Waals surface area contributed by atoms with Crippen LogP contribution in [0.4, 0.5) is 0 Å². The zero-order valence-electron chi connectivity index (χ0n) is 19.0. The summed E-state index contributed by atoms with van der Waals surface area (Å²) in [7, 11) is 1.84. The second-order valence-corrected chi connectivity index (χ2v) is 9.46. The van der Waals surface area contributed by atoms with Crippen molar-refractivity contribution in [1.82, 2.24) is 19.6 Å². The average molecular weight is 423 g/mol. The third-order valence-corrected chi connectivity index (χ3v) is 7.29. The Labute approximate surface area is 185 Å². The molecule has 0 saturated carbocycles. The minimum Gasteiger partial charge on any atom is -0.339 e. The molecular formula is C25H34N4O2. The summed E-state index contributed by atoms with van der Waals surface area (Å²) < 4.78 is 1.70. The molecule has 2 saturated heterocycles. The maximum Gasteiger partial charge on any atom is 0.257 e. The molecule has 0 unspecified atom stereocenters. The van der Waals surface area contributed by atoms with E-state index in [-0.39, 0.29) is 11.3 Å². The predicted octanol–water partition coefficient (Wildman–Crippen LogP) is 3.80. The van der Waals surface area contributed by atoms with Crippen LogP contribution in [0.15, 0.2) is 36.5 Å². The molecule has 6 heteroatoms. The molecule has 2 aliphatic heterocycles. The van der Waals surface area contributed by atoms with Gasteiger partial charge in [0.1, 0.15) is 0 Å². The number of aryl methyl sites for hydroxylation is 2. The van der Waals surface area contributed by atoms with E-state index in [0.717, 1.165) is 44.3 Å². The Hall–Kier alpha value is -2.63. The molecule has 0 radical (unpaired) electrons. The number of amides is 2. The molecular weight excluding hydrogens is 388 g/mol. The summed E-state index contributed by atoms with van der Waals surface area (Å²) in [6.45, 7) is 6.99. The Bertz CT molecular complexity index is 930. The van der Waals surface area contributed by atoms with Gasteiger partial charge in [0, 0.05) is 44.8 Å². The number of hydrogen-bond acceptors (Lipinski definition) is 3. The fraction of sp³-hybridized carbons (Fsp3) is 0.560. The van der Waals surface area contributed by atoms with E-state index in [0.29, 0.717) is 37.0 Å². The normalized spacial score (nSPS) is 23.1. The lowest BCUT2D eigenvalue weighted by atomic mass is 9.69. The summed E-state index contributed by atoms with van der Waals surface area (Å²) >= 11 is 0. The highest BCUT2D eigenvalue weighted by atomic mass is 16.2. The molecule has 2 amide bonds. The van der Waals surface area contributed by atoms with Crippen molar-refractivity contribution in [1.29, 1.82) is 0 Å². The Morgan fingerprint density at radius 3 is 2.48 bits per heavy atom. The first-order chi connectivity index (χ1) is 14.9. The van der Waals surface area contributed by atoms with Crippen LogP contribution in [0, 0.1) is 18.3 Å². The van der Waals surface area contributed by atoms with Crippen LogP contribution < -0.4 is 0 Å². The van der Waals surface area contributed by atoms with Crippen LogP contribution in [-0.2, 0) is 18.4 Å². The van der Waals surface area contributed by atoms with Crippen molar-refractivity contribution in [3.63, 3.8) is 0 Å². The van der Waals surface area contributed by atoms with E-state index in [1.165, 1.54) is 5.56 Å². The summed E-state index contributed by atoms with van der Waals surface area (Å²) in [5.74, 6) is 0.671. The third-order valence-electron chi connectivity index (χ3n) is 7.29. The molecule has 0 spiro atoms. The zero-order valence-corrected chi connectivity index (χ0v) is 19.0. The average Bonchev–Trinajstić information content (AvgIpc) is 3.05. The summed E-state index contributed by atoms with van der Waals surface area (Å²) in [6.07, 6.45) is 6.66. The standard InChI is InChI=1S/C25H34N4O2/c1-19-22(18-27(3)26-19)23(30)28-15-11-21(12-16-28)25(2)13-7-8-14-29(24(25)31)17-20-9-5-4-6-10-20/h4-6,9-10,18,21H,7-8,11-17H2,1-3H3/t25-/m1/s1. The SMILES string of the molecule is Cc1nn(C)cc1C(=O)N1CCC([C@@]2(C)CCCCN(Cc3ccccc3)C2=O)CC1. The maximum absolute atomic E-state index is 13.7. The first-order valence-corrected chi connectivity index (χ1v) is 11.5. The van der Waals surface area contributed by atoms with Crippen molar-refractivity contribution in [2.45, 2.75) is 52.5 Å². The van der Waals surface area contributed by atoms with Crippen molar-refractivity contribution >= 4 is 11.8 Å². The molecule has 4 rings (SSSR count). The first kappa shape index (κ1) is 21.6. The number of carbonyl (C=O) groups is 2. The second-order valence-electron chi connectivity index (χ2n) is 9.46. The van der Waals surface area contributed by atoms with E-state index >= 15 is 0 Å². The molecule has 166 valence electrons. The Morgan fingerprint density at radius 2 is 1.84 bits per heavy atom. The second kappa shape index (κ2) is 8.85. The van der Waals surface area contributed by atoms with Gasteiger partial charge in [0.2, 0.25) is 5.91 Å². The molecule has 0 N–H and O–H groups in total. The van der Waals surface area contributed by atoms with Crippen LogP contribution in [0.2, 0.25) is 0 Å². The number of nitrogens with zero attached hydrogens (tertiary/aromatic N) is 4. The first-order valence-electron chi connectivity index (χ1n) is 11.5. The van der Waals surface area contributed by atoms with Crippen molar-refractivity contribution in [2.24, 2.45) is 18.4 Å². The molecule has 2 aromatic rings. The Morgan fingerprint density at radius 1 is 1.13 bits per heavy atom. The van der Waals surface area contributed by atoms with E-state index < -0.39 is 0 Å². The van der Waals surface area contributed by atoms with Crippen LogP contribution in [0.3, 0.4) is 0 Å². The fourth-order valence-corrected chi connectivity index (χ4v) is 5.40. The largest absolute Gasteiger partial charge is 0.339 e. The number of benzene rings is 1. The van der Waals surface area contributed by atoms with Crippen LogP contribution in [0.5, 0.6) is 0 Å². The molecule has 31 heavy (non-hydrogen) atoms. The van der Waals surface area contributed by atoms with Crippen molar-refractivity contribution in [3.05, 3.63) is 53.3 Å². The molecule has 1 aromatic carbocycles. The zero-order chi connectivity index (χ0) is 22.0. The maximum atomic E-state index is 13.7. The van der Waals surface area contributed by atoms with E-state index in [9.17, 15) is 9.59 Å². The summed E-state index contributed by atoms with van der Waals surface area (Å²) in [6, 6.07) is 10.3. The van der Waals surface area contributed by atoms with Gasteiger partial charge in [-0.05, 0) is 44.1 Å². The minimum absolute atomic E-state index is 0.0621. The molecule has 0 bridgehead atoms. The summed E-state index contributed by atoms with van der Waals surface area (Å²) in [5.41, 5.74) is 2.31. The van der Waals surface area contributed by atoms with Crippen molar-refractivity contribution < 1.29 is 9.59 Å². The predicted molar refractivity (Wildman–Crippen MR) is 120 cm³/mol. The lowest BCUT2D eigenvalue weighted by Crippen LogP contribution is -2.49. The van der Waals surface area contributed by atoms with Crippen LogP contribution in [0.25, 0.3) is 0 Å². The number of aromatic nitrogens is 2. The van der Waals surface area contributed by atoms with Gasteiger partial charge >= 0.3 is 0 Å². The highest BCUT2D eigenvalue weighted by Gasteiger charge is 2.45. The Kier molecular flexibility index (Phi) is 6.17. The number of hydrogen-bond donors (Lipinski definition) is 0. The topological polar surface area (TPSA) is 58.4 Å². The molecule has 1 aromatic heterocycles. The number of likely N-dealkylation sites (tertiary alicyclic amines) is 2. The van der Waals surface area contributed by atoms with Gasteiger partial charge in [-0.1, -0.05) is 43.7 Å². The molecule has 0 aliphatic carbocycles. The van der Waals surface area contributed by atoms with Gasteiger partial charge in [0.05, 0.1) is 11.3 Å². The van der Waals surface area contributed by atoms with Crippen LogP contribution in [-0.4, -0.2) is 51.0 Å². The smallest absolute Gasteiger partial charge is 0.257 e. The fourth-order valence-electron chi connectivity index (χ4n) is 5.40. The monoisotopic (exact) mass is 422 g/mol. The van der Waals surface area contributed by atoms with E-state index in [4.69, 9.17) is 0 Å². The van der Waals surface area contributed by atoms with Gasteiger partial charge in [-0.25, -0.2) is 0 Å². The molecule has 6 nitrogen and oxygen atoms in total. The number of rotatable bonds is 4. The summed E-state index contributed by atoms with van der Waals surface area (Å²) in [4.78, 5) is 30.7. The van der Waals surface area contributed by atoms with E-state index in [1.54, 1.807) is 10.9 Å². The number of carbonyl (C=O) groups excluding carboxylic acids is 2. The van der Waals surface area contributed by atoms with E-state index in [2.05, 4.69) is 29.1 Å². The molecule has 2 aliphatic rings. The van der Waals surface area contributed by atoms with Gasteiger partial charge in [0.25, 0.3) is 5.91 Å². The molecule has 3 heterocycles. The van der Waals surface area contributed by atoms with Gasteiger partial charge in [0.15, 0.2) is 0 Å². The van der Waals surface area contributed by atoms with Crippen LogP contribution >= 0.6 is 0 Å². The van der Waals surface area contributed by atoms with Crippen molar-refractivity contribution in [2.75, 3.05) is 19.6 Å². The molecule has 2 fully saturated rings. The lowest BCUT2D eigenvalue weighted by Gasteiger charge is -2.43. The highest BCUT2D eigenvalue weighted by Crippen LogP contribution is 2.43. The third kappa shape index (κ3) is 4.39. The van der Waals surface area contributed by atoms with Gasteiger partial charge in [-0.2, -0.15) is 5.10 Å². The van der Waals surface area contributed by atoms with Gasteiger partial charge in [-0.15, -0.1) is 0 Å².